The van der Waals surface area contributed by atoms with E-state index in [1.165, 1.54) is 58.2 Å². The average molecular weight is 572 g/mol. The van der Waals surface area contributed by atoms with Gasteiger partial charge in [0.15, 0.2) is 11.5 Å². The third-order valence-electron chi connectivity index (χ3n) is 7.91. The van der Waals surface area contributed by atoms with Crippen molar-refractivity contribution in [2.45, 2.75) is 79.1 Å². The van der Waals surface area contributed by atoms with Crippen LogP contribution in [-0.2, 0) is 25.7 Å². The van der Waals surface area contributed by atoms with Gasteiger partial charge in [-0.2, -0.15) is 0 Å². The predicted octanol–water partition coefficient (Wildman–Crippen LogP) is 9.41. The van der Waals surface area contributed by atoms with Gasteiger partial charge in [0.25, 0.3) is 0 Å². The van der Waals surface area contributed by atoms with Crippen LogP contribution in [-0.4, -0.2) is 24.4 Å². The van der Waals surface area contributed by atoms with Crippen molar-refractivity contribution in [1.82, 2.24) is 0 Å². The highest BCUT2D eigenvalue weighted by molar-refractivity contribution is 5.42. The summed E-state index contributed by atoms with van der Waals surface area (Å²) in [6.45, 7) is 8.37. The van der Waals surface area contributed by atoms with Crippen molar-refractivity contribution in [2.75, 3.05) is 14.2 Å². The fourth-order valence-electron chi connectivity index (χ4n) is 5.05. The van der Waals surface area contributed by atoms with E-state index in [1.807, 2.05) is 31.2 Å². The van der Waals surface area contributed by atoms with E-state index in [9.17, 15) is 10.2 Å². The summed E-state index contributed by atoms with van der Waals surface area (Å²) in [5.41, 5.74) is 10.2. The molecule has 4 aromatic carbocycles. The van der Waals surface area contributed by atoms with E-state index < -0.39 is 0 Å². The van der Waals surface area contributed by atoms with Gasteiger partial charge in [0.1, 0.15) is 11.5 Å². The molecule has 2 N–H and O–H groups in total. The normalized spacial score (nSPS) is 10.6. The van der Waals surface area contributed by atoms with Crippen molar-refractivity contribution in [3.05, 3.63) is 117 Å². The lowest BCUT2D eigenvalue weighted by Crippen LogP contribution is -1.93. The Bertz CT molecular complexity index is 1320. The molecule has 0 aliphatic rings. The molecule has 4 aromatic rings. The van der Waals surface area contributed by atoms with Gasteiger partial charge in [-0.3, -0.25) is 0 Å². The van der Waals surface area contributed by atoms with E-state index in [0.717, 1.165) is 43.4 Å². The van der Waals surface area contributed by atoms with Gasteiger partial charge in [-0.05, 0) is 148 Å². The van der Waals surface area contributed by atoms with E-state index in [2.05, 4.69) is 57.2 Å². The average Bonchev–Trinajstić information content (AvgIpc) is 2.99. The summed E-state index contributed by atoms with van der Waals surface area (Å²) in [6.07, 6.45) is 8.90. The quantitative estimate of drug-likeness (QED) is 0.166. The van der Waals surface area contributed by atoms with E-state index in [1.54, 1.807) is 26.4 Å². The first-order chi connectivity index (χ1) is 20.2. The SMILES string of the molecule is COc1cc(CCCCc2ccc(C)c(C)c2)ccc1C.COc1cc(CCCCc2ccc(O)c(C)c2)ccc1O.[2HH]. The molecule has 4 rings (SSSR count). The fraction of sp³-hybridized carbons (Fsp3) is 0.368. The summed E-state index contributed by atoms with van der Waals surface area (Å²) in [7, 11) is 3.30. The summed E-state index contributed by atoms with van der Waals surface area (Å²) >= 11 is 0. The molecule has 0 aliphatic heterocycles. The minimum atomic E-state index is 0. The molecule has 0 radical (unpaired) electrons. The van der Waals surface area contributed by atoms with Gasteiger partial charge in [0.05, 0.1) is 14.2 Å². The van der Waals surface area contributed by atoms with Gasteiger partial charge in [-0.25, -0.2) is 0 Å². The number of benzene rings is 4. The summed E-state index contributed by atoms with van der Waals surface area (Å²) < 4.78 is 10.5. The molecule has 0 aromatic heterocycles. The highest BCUT2D eigenvalue weighted by Gasteiger charge is 2.04. The van der Waals surface area contributed by atoms with E-state index in [-0.39, 0.29) is 7.18 Å². The zero-order valence-electron chi connectivity index (χ0n) is 26.3. The Labute approximate surface area is 254 Å². The lowest BCUT2D eigenvalue weighted by atomic mass is 10.00. The third kappa shape index (κ3) is 10.2. The van der Waals surface area contributed by atoms with Crippen molar-refractivity contribution in [1.29, 1.82) is 0 Å². The van der Waals surface area contributed by atoms with Crippen LogP contribution in [0, 0.1) is 27.7 Å². The van der Waals surface area contributed by atoms with Crippen LogP contribution in [0.4, 0.5) is 0 Å². The minimum Gasteiger partial charge on any atom is -0.508 e. The number of unbranched alkanes of at least 4 members (excludes halogenated alkanes) is 2. The molecular formula is C38H50O4. The Morgan fingerprint density at radius 1 is 0.452 bits per heavy atom. The molecule has 42 heavy (non-hydrogen) atoms. The number of aromatic hydroxyl groups is 2. The molecule has 0 saturated heterocycles. The first kappa shape index (κ1) is 32.6. The lowest BCUT2D eigenvalue weighted by Gasteiger charge is -2.08. The molecule has 0 unspecified atom stereocenters. The zero-order chi connectivity index (χ0) is 30.5. The van der Waals surface area contributed by atoms with Gasteiger partial charge in [-0.15, -0.1) is 0 Å². The minimum absolute atomic E-state index is 0. The molecule has 4 nitrogen and oxygen atoms in total. The highest BCUT2D eigenvalue weighted by Crippen LogP contribution is 2.27. The molecule has 226 valence electrons. The lowest BCUT2D eigenvalue weighted by molar-refractivity contribution is 0.373. The maximum absolute atomic E-state index is 9.56. The summed E-state index contributed by atoms with van der Waals surface area (Å²) in [5, 5.41) is 19.1. The Kier molecular flexibility index (Phi) is 12.8. The molecule has 0 atom stereocenters. The third-order valence-corrected chi connectivity index (χ3v) is 7.91. The second kappa shape index (κ2) is 16.5. The van der Waals surface area contributed by atoms with Crippen molar-refractivity contribution in [2.24, 2.45) is 0 Å². The number of rotatable bonds is 12. The largest absolute Gasteiger partial charge is 0.508 e. The number of phenols is 2. The Morgan fingerprint density at radius 2 is 0.857 bits per heavy atom. The summed E-state index contributed by atoms with van der Waals surface area (Å²) in [4.78, 5) is 0. The van der Waals surface area contributed by atoms with Crippen LogP contribution in [0.1, 0.15) is 71.6 Å². The topological polar surface area (TPSA) is 58.9 Å². The Balaban J connectivity index is 0.000000293. The molecule has 0 fully saturated rings. The Hall–Kier alpha value is -3.92. The van der Waals surface area contributed by atoms with Crippen molar-refractivity contribution in [3.63, 3.8) is 0 Å². The molecule has 0 amide bonds. The molecular weight excluding hydrogens is 520 g/mol. The number of hydrogen-bond donors (Lipinski definition) is 2. The molecule has 0 heterocycles. The second-order valence-corrected chi connectivity index (χ2v) is 11.3. The summed E-state index contributed by atoms with van der Waals surface area (Å²) in [5.74, 6) is 2.07. The maximum Gasteiger partial charge on any atom is 0.160 e. The second-order valence-electron chi connectivity index (χ2n) is 11.3. The molecule has 0 bridgehead atoms. The number of aryl methyl sites for hydroxylation is 8. The molecule has 0 saturated carbocycles. The number of hydrogen-bond acceptors (Lipinski definition) is 4. The van der Waals surface area contributed by atoms with E-state index >= 15 is 0 Å². The standard InChI is InChI=1S/C20H26O.C18H22O3.H2/c1-15-9-11-18(13-17(15)3)7-5-6-8-19-12-10-16(2)20(14-19)21-4;1-13-11-14(7-9-16(13)19)5-3-4-6-15-8-10-17(20)18(12-15)21-2;/h9-14H,5-8H2,1-4H3;7-12,19-20H,3-6H2,1-2H3;1H/i;;1+1. The van der Waals surface area contributed by atoms with Crippen LogP contribution in [0.5, 0.6) is 23.0 Å². The fourth-order valence-corrected chi connectivity index (χ4v) is 5.05. The van der Waals surface area contributed by atoms with Gasteiger partial charge in [-0.1, -0.05) is 48.5 Å². The molecule has 4 heteroatoms. The van der Waals surface area contributed by atoms with Crippen LogP contribution < -0.4 is 9.47 Å². The summed E-state index contributed by atoms with van der Waals surface area (Å²) in [6, 6.07) is 24.6. The van der Waals surface area contributed by atoms with Gasteiger partial charge < -0.3 is 19.7 Å². The smallest absolute Gasteiger partial charge is 0.160 e. The van der Waals surface area contributed by atoms with Gasteiger partial charge >= 0.3 is 0 Å². The van der Waals surface area contributed by atoms with Gasteiger partial charge in [0, 0.05) is 1.43 Å². The zero-order valence-corrected chi connectivity index (χ0v) is 26.3. The van der Waals surface area contributed by atoms with E-state index in [0.29, 0.717) is 11.5 Å². The van der Waals surface area contributed by atoms with Crippen LogP contribution >= 0.6 is 0 Å². The van der Waals surface area contributed by atoms with Crippen LogP contribution in [0.15, 0.2) is 72.8 Å². The van der Waals surface area contributed by atoms with Crippen LogP contribution in [0.3, 0.4) is 0 Å². The molecule has 0 aliphatic carbocycles. The van der Waals surface area contributed by atoms with Crippen molar-refractivity contribution >= 4 is 0 Å². The highest BCUT2D eigenvalue weighted by atomic mass is 16.5. The number of ether oxygens (including phenoxy) is 2. The van der Waals surface area contributed by atoms with Crippen LogP contribution in [0.25, 0.3) is 0 Å². The first-order valence-electron chi connectivity index (χ1n) is 15.0. The van der Waals surface area contributed by atoms with Crippen LogP contribution in [0.2, 0.25) is 0 Å². The first-order valence-corrected chi connectivity index (χ1v) is 15.0. The van der Waals surface area contributed by atoms with Gasteiger partial charge in [0.2, 0.25) is 0 Å². The number of methoxy groups -OCH3 is 2. The maximum atomic E-state index is 9.56. The van der Waals surface area contributed by atoms with Crippen molar-refractivity contribution < 1.29 is 21.1 Å². The molecule has 0 spiro atoms. The monoisotopic (exact) mass is 571 g/mol. The Morgan fingerprint density at radius 3 is 1.33 bits per heavy atom. The van der Waals surface area contributed by atoms with E-state index in [4.69, 9.17) is 9.47 Å². The van der Waals surface area contributed by atoms with Crippen molar-refractivity contribution in [3.8, 4) is 23.0 Å². The predicted molar refractivity (Wildman–Crippen MR) is 177 cm³/mol. The number of phenolic OH excluding ortho intramolecular Hbond substituents is 2.